The minimum Gasteiger partial charge on any atom is -0.478 e. The van der Waals surface area contributed by atoms with Crippen LogP contribution in [0.4, 0.5) is 22.0 Å². The molecule has 0 atom stereocenters. The molecule has 0 fully saturated rings. The van der Waals surface area contributed by atoms with Crippen LogP contribution in [0.5, 0.6) is 0 Å². The monoisotopic (exact) mass is 384 g/mol. The van der Waals surface area contributed by atoms with E-state index in [4.69, 9.17) is 5.11 Å². The summed E-state index contributed by atoms with van der Waals surface area (Å²) < 4.78 is 63.7. The van der Waals surface area contributed by atoms with Crippen LogP contribution in [0.15, 0.2) is 48.7 Å². The summed E-state index contributed by atoms with van der Waals surface area (Å²) in [5, 5.41) is 11.8. The van der Waals surface area contributed by atoms with Crippen LogP contribution < -0.4 is 0 Å². The van der Waals surface area contributed by atoms with Crippen LogP contribution in [0.1, 0.15) is 22.5 Å². The first-order chi connectivity index (χ1) is 12.7. The largest absolute Gasteiger partial charge is 0.478 e. The smallest absolute Gasteiger partial charge is 0.339 e. The van der Waals surface area contributed by atoms with Gasteiger partial charge in [0.2, 0.25) is 0 Å². The maximum absolute atomic E-state index is 12.9. The van der Waals surface area contributed by atoms with Crippen molar-refractivity contribution in [2.24, 2.45) is 7.05 Å². The fourth-order valence-corrected chi connectivity index (χ4v) is 2.18. The highest BCUT2D eigenvalue weighted by atomic mass is 19.3. The number of alkyl halides is 2. The van der Waals surface area contributed by atoms with E-state index in [0.29, 0.717) is 11.1 Å². The summed E-state index contributed by atoms with van der Waals surface area (Å²) >= 11 is 0. The lowest BCUT2D eigenvalue weighted by Crippen LogP contribution is -1.99. The Labute approximate surface area is 150 Å². The summed E-state index contributed by atoms with van der Waals surface area (Å²) in [6, 6.07) is 10.6. The van der Waals surface area contributed by atoms with E-state index >= 15 is 0 Å². The van der Waals surface area contributed by atoms with Crippen LogP contribution in [-0.2, 0) is 7.05 Å². The standard InChI is InChI=1S/C12H7F3.C6H6F2N2O2/c13-10-6-9(7-11(14)12(10)15)8-4-2-1-3-5-8;1-10-2-3(6(11)12)4(9-10)5(7)8/h1-7H;2,5H,1H3,(H,11,12). The van der Waals surface area contributed by atoms with E-state index in [0.717, 1.165) is 23.0 Å². The van der Waals surface area contributed by atoms with Crippen molar-refractivity contribution in [2.75, 3.05) is 0 Å². The summed E-state index contributed by atoms with van der Waals surface area (Å²) in [5.74, 6) is -5.17. The molecule has 0 bridgehead atoms. The lowest BCUT2D eigenvalue weighted by Gasteiger charge is -2.02. The number of carboxylic acids is 1. The summed E-state index contributed by atoms with van der Waals surface area (Å²) in [6.07, 6.45) is -1.80. The van der Waals surface area contributed by atoms with Gasteiger partial charge in [0.1, 0.15) is 11.3 Å². The van der Waals surface area contributed by atoms with Crippen LogP contribution in [0.2, 0.25) is 0 Å². The van der Waals surface area contributed by atoms with Crippen molar-refractivity contribution in [1.29, 1.82) is 0 Å². The zero-order valence-corrected chi connectivity index (χ0v) is 13.8. The molecule has 0 saturated heterocycles. The van der Waals surface area contributed by atoms with Crippen LogP contribution >= 0.6 is 0 Å². The first-order valence-corrected chi connectivity index (χ1v) is 7.45. The molecule has 0 amide bonds. The van der Waals surface area contributed by atoms with Crippen molar-refractivity contribution in [3.05, 3.63) is 77.4 Å². The van der Waals surface area contributed by atoms with Crippen LogP contribution in [0.3, 0.4) is 0 Å². The average Bonchev–Trinajstić information content (AvgIpc) is 3.03. The van der Waals surface area contributed by atoms with Crippen molar-refractivity contribution in [1.82, 2.24) is 9.78 Å². The van der Waals surface area contributed by atoms with Crippen LogP contribution in [0.25, 0.3) is 11.1 Å². The molecule has 3 rings (SSSR count). The molecule has 1 N–H and O–H groups in total. The third-order valence-electron chi connectivity index (χ3n) is 3.39. The van der Waals surface area contributed by atoms with Gasteiger partial charge < -0.3 is 5.11 Å². The molecule has 9 heteroatoms. The SMILES string of the molecule is Cn1cc(C(=O)O)c(C(F)F)n1.Fc1cc(-c2ccccc2)cc(F)c1F. The molecule has 0 spiro atoms. The fraction of sp³-hybridized carbons (Fsp3) is 0.111. The number of aryl methyl sites for hydroxylation is 1. The Bertz CT molecular complexity index is 919. The molecule has 0 aliphatic rings. The van der Waals surface area contributed by atoms with E-state index in [2.05, 4.69) is 5.10 Å². The molecule has 0 aliphatic heterocycles. The Morgan fingerprint density at radius 2 is 1.59 bits per heavy atom. The highest BCUT2D eigenvalue weighted by Gasteiger charge is 2.21. The van der Waals surface area contributed by atoms with E-state index < -0.39 is 41.1 Å². The zero-order chi connectivity index (χ0) is 20.1. The molecule has 0 saturated carbocycles. The van der Waals surface area contributed by atoms with E-state index in [1.165, 1.54) is 7.05 Å². The van der Waals surface area contributed by atoms with Gasteiger partial charge in [-0.1, -0.05) is 30.3 Å². The predicted molar refractivity (Wildman–Crippen MR) is 86.9 cm³/mol. The highest BCUT2D eigenvalue weighted by molar-refractivity contribution is 5.88. The van der Waals surface area contributed by atoms with Gasteiger partial charge in [0.05, 0.1) is 0 Å². The molecule has 142 valence electrons. The van der Waals surface area contributed by atoms with Gasteiger partial charge in [-0.25, -0.2) is 26.7 Å². The van der Waals surface area contributed by atoms with Gasteiger partial charge in [-0.05, 0) is 23.3 Å². The zero-order valence-electron chi connectivity index (χ0n) is 13.8. The summed E-state index contributed by atoms with van der Waals surface area (Å²) in [7, 11) is 1.39. The Hall–Kier alpha value is -3.23. The molecule has 2 aromatic carbocycles. The minimum absolute atomic E-state index is 0.326. The lowest BCUT2D eigenvalue weighted by molar-refractivity contribution is 0.0684. The quantitative estimate of drug-likeness (QED) is 0.520. The summed E-state index contributed by atoms with van der Waals surface area (Å²) in [4.78, 5) is 10.4. The number of rotatable bonds is 3. The average molecular weight is 384 g/mol. The van der Waals surface area contributed by atoms with E-state index in [-0.39, 0.29) is 0 Å². The lowest BCUT2D eigenvalue weighted by atomic mass is 10.1. The number of halogens is 5. The van der Waals surface area contributed by atoms with Crippen molar-refractivity contribution in [2.45, 2.75) is 6.43 Å². The molecule has 0 radical (unpaired) electrons. The van der Waals surface area contributed by atoms with Gasteiger partial charge in [-0.2, -0.15) is 5.10 Å². The summed E-state index contributed by atoms with van der Waals surface area (Å²) in [5.41, 5.74) is -0.167. The molecule has 0 unspecified atom stereocenters. The molecule has 27 heavy (non-hydrogen) atoms. The van der Waals surface area contributed by atoms with E-state index in [1.807, 2.05) is 0 Å². The number of benzene rings is 2. The van der Waals surface area contributed by atoms with Crippen molar-refractivity contribution in [3.63, 3.8) is 0 Å². The Kier molecular flexibility index (Phi) is 6.27. The van der Waals surface area contributed by atoms with Crippen LogP contribution in [-0.4, -0.2) is 20.9 Å². The number of carboxylic acid groups (broad SMARTS) is 1. The highest BCUT2D eigenvalue weighted by Crippen LogP contribution is 2.23. The van der Waals surface area contributed by atoms with Crippen molar-refractivity contribution < 1.29 is 31.9 Å². The van der Waals surface area contributed by atoms with Crippen molar-refractivity contribution in [3.8, 4) is 11.1 Å². The normalized spacial score (nSPS) is 10.5. The van der Waals surface area contributed by atoms with Gasteiger partial charge in [0, 0.05) is 13.2 Å². The molecule has 3 aromatic rings. The second kappa shape index (κ2) is 8.43. The third kappa shape index (κ3) is 4.90. The van der Waals surface area contributed by atoms with Gasteiger partial charge in [0.25, 0.3) is 6.43 Å². The van der Waals surface area contributed by atoms with Gasteiger partial charge in [-0.15, -0.1) is 0 Å². The number of aromatic nitrogens is 2. The second-order valence-electron chi connectivity index (χ2n) is 5.33. The first kappa shape index (κ1) is 20.1. The van der Waals surface area contributed by atoms with E-state index in [9.17, 15) is 26.7 Å². The molecule has 4 nitrogen and oxygen atoms in total. The molecule has 1 aromatic heterocycles. The number of nitrogens with zero attached hydrogens (tertiary/aromatic N) is 2. The van der Waals surface area contributed by atoms with Gasteiger partial charge in [-0.3, -0.25) is 4.68 Å². The number of aromatic carboxylic acids is 1. The fourth-order valence-electron chi connectivity index (χ4n) is 2.18. The Morgan fingerprint density at radius 3 is 2.04 bits per heavy atom. The number of hydrogen-bond acceptors (Lipinski definition) is 2. The first-order valence-electron chi connectivity index (χ1n) is 7.45. The Morgan fingerprint density at radius 1 is 1.04 bits per heavy atom. The predicted octanol–water partition coefficient (Wildman–Crippen LogP) is 4.83. The minimum atomic E-state index is -2.85. The second-order valence-corrected chi connectivity index (χ2v) is 5.33. The van der Waals surface area contributed by atoms with Crippen molar-refractivity contribution >= 4 is 5.97 Å². The molecular formula is C18H13F5N2O2. The number of carbonyl (C=O) groups is 1. The van der Waals surface area contributed by atoms with Gasteiger partial charge >= 0.3 is 5.97 Å². The Balaban J connectivity index is 0.000000199. The van der Waals surface area contributed by atoms with Gasteiger partial charge in [0.15, 0.2) is 17.5 Å². The maximum atomic E-state index is 12.9. The maximum Gasteiger partial charge on any atom is 0.339 e. The topological polar surface area (TPSA) is 55.1 Å². The molecule has 1 heterocycles. The molecular weight excluding hydrogens is 371 g/mol. The summed E-state index contributed by atoms with van der Waals surface area (Å²) in [6.45, 7) is 0. The van der Waals surface area contributed by atoms with E-state index in [1.54, 1.807) is 30.3 Å². The molecule has 0 aliphatic carbocycles. The van der Waals surface area contributed by atoms with Crippen LogP contribution in [0, 0.1) is 17.5 Å². The number of hydrogen-bond donors (Lipinski definition) is 1. The third-order valence-corrected chi connectivity index (χ3v) is 3.39.